The van der Waals surface area contributed by atoms with E-state index in [4.69, 9.17) is 10.8 Å². The van der Waals surface area contributed by atoms with Crippen LogP contribution in [0.3, 0.4) is 0 Å². The number of hydrogen-bond acceptors (Lipinski definition) is 5. The van der Waals surface area contributed by atoms with Crippen molar-refractivity contribution in [2.24, 2.45) is 5.73 Å². The second-order valence-corrected chi connectivity index (χ2v) is 4.07. The molecule has 0 fully saturated rings. The van der Waals surface area contributed by atoms with E-state index in [0.717, 1.165) is 0 Å². The number of fused-ring (bicyclic) bond motifs is 1. The second kappa shape index (κ2) is 4.05. The lowest BCUT2D eigenvalue weighted by Gasteiger charge is -2.29. The first kappa shape index (κ1) is 12.5. The molecule has 1 aliphatic rings. The quantitative estimate of drug-likeness (QED) is 0.449. The molecule has 7 nitrogen and oxygen atoms in total. The number of amides is 1. The molecule has 6 N–H and O–H groups in total. The van der Waals surface area contributed by atoms with Gasteiger partial charge in [0, 0.05) is 11.3 Å². The molecule has 1 amide bonds. The number of carboxylic acids is 1. The highest BCUT2D eigenvalue weighted by atomic mass is 16.4. The van der Waals surface area contributed by atoms with Crippen LogP contribution >= 0.6 is 0 Å². The van der Waals surface area contributed by atoms with E-state index in [-0.39, 0.29) is 5.56 Å². The first-order valence-corrected chi connectivity index (χ1v) is 5.19. The van der Waals surface area contributed by atoms with Crippen LogP contribution in [0.25, 0.3) is 0 Å². The van der Waals surface area contributed by atoms with E-state index in [0.29, 0.717) is 5.69 Å². The van der Waals surface area contributed by atoms with Crippen LogP contribution in [0.1, 0.15) is 5.56 Å². The van der Waals surface area contributed by atoms with Gasteiger partial charge in [-0.05, 0) is 6.07 Å². The summed E-state index contributed by atoms with van der Waals surface area (Å²) in [4.78, 5) is 22.5. The number of aliphatic hydroxyl groups excluding tert-OH is 1. The van der Waals surface area contributed by atoms with Crippen LogP contribution in [0, 0.1) is 0 Å². The summed E-state index contributed by atoms with van der Waals surface area (Å²) in [6.07, 6.45) is -1.95. The fourth-order valence-corrected chi connectivity index (χ4v) is 1.95. The van der Waals surface area contributed by atoms with Crippen molar-refractivity contribution < 1.29 is 24.9 Å². The zero-order valence-electron chi connectivity index (χ0n) is 9.20. The number of aliphatic carboxylic acids is 1. The lowest BCUT2D eigenvalue weighted by Crippen LogP contribution is -2.56. The van der Waals surface area contributed by atoms with Gasteiger partial charge in [0.15, 0.2) is 5.60 Å². The van der Waals surface area contributed by atoms with Crippen LogP contribution in [0.2, 0.25) is 0 Å². The fourth-order valence-electron chi connectivity index (χ4n) is 1.95. The van der Waals surface area contributed by atoms with Crippen molar-refractivity contribution in [3.63, 3.8) is 0 Å². The highest BCUT2D eigenvalue weighted by Crippen LogP contribution is 2.38. The van der Waals surface area contributed by atoms with Crippen LogP contribution < -0.4 is 11.1 Å². The molecule has 96 valence electrons. The summed E-state index contributed by atoms with van der Waals surface area (Å²) in [5, 5.41) is 31.2. The van der Waals surface area contributed by atoms with Crippen molar-refractivity contribution >= 4 is 17.6 Å². The van der Waals surface area contributed by atoms with E-state index >= 15 is 0 Å². The van der Waals surface area contributed by atoms with Crippen LogP contribution in [-0.4, -0.2) is 39.3 Å². The number of benzene rings is 1. The third kappa shape index (κ3) is 1.57. The Labute approximate surface area is 102 Å². The average molecular weight is 252 g/mol. The number of rotatable bonds is 3. The summed E-state index contributed by atoms with van der Waals surface area (Å²) in [5.41, 5.74) is 3.33. The zero-order chi connectivity index (χ0) is 13.5. The maximum absolute atomic E-state index is 11.8. The number of nitrogens with two attached hydrogens (primary N) is 1. The first-order valence-electron chi connectivity index (χ1n) is 5.19. The monoisotopic (exact) mass is 252 g/mol. The van der Waals surface area contributed by atoms with E-state index in [1.54, 1.807) is 12.1 Å². The van der Waals surface area contributed by atoms with E-state index in [1.807, 2.05) is 0 Å². The fraction of sp³-hybridized carbons (Fsp3) is 0.273. The summed E-state index contributed by atoms with van der Waals surface area (Å²) < 4.78 is 0. The molecule has 0 bridgehead atoms. The molecule has 0 spiro atoms. The summed E-state index contributed by atoms with van der Waals surface area (Å²) in [5.74, 6) is -2.40. The van der Waals surface area contributed by atoms with Crippen molar-refractivity contribution in [1.82, 2.24) is 0 Å². The van der Waals surface area contributed by atoms with Crippen molar-refractivity contribution in [2.45, 2.75) is 17.7 Å². The van der Waals surface area contributed by atoms with Gasteiger partial charge in [0.2, 0.25) is 0 Å². The Bertz CT molecular complexity index is 518. The SMILES string of the molecule is N[C@H](C(=O)O)[C@@H](O)[C@]1(O)C(=O)Nc2ccccc21. The molecule has 3 atom stereocenters. The molecule has 1 heterocycles. The van der Waals surface area contributed by atoms with Crippen LogP contribution in [0.15, 0.2) is 24.3 Å². The number of anilines is 1. The zero-order valence-corrected chi connectivity index (χ0v) is 9.20. The maximum Gasteiger partial charge on any atom is 0.323 e. The lowest BCUT2D eigenvalue weighted by molar-refractivity contribution is -0.157. The minimum Gasteiger partial charge on any atom is -0.480 e. The minimum atomic E-state index is -2.35. The Morgan fingerprint density at radius 3 is 2.61 bits per heavy atom. The molecule has 1 aromatic rings. The Hall–Kier alpha value is -1.96. The van der Waals surface area contributed by atoms with Gasteiger partial charge in [0.05, 0.1) is 0 Å². The molecule has 18 heavy (non-hydrogen) atoms. The smallest absolute Gasteiger partial charge is 0.323 e. The molecule has 0 aliphatic carbocycles. The molecule has 0 aromatic heterocycles. The van der Waals surface area contributed by atoms with Crippen LogP contribution in [-0.2, 0) is 15.2 Å². The molecule has 0 saturated carbocycles. The van der Waals surface area contributed by atoms with E-state index in [1.165, 1.54) is 12.1 Å². The van der Waals surface area contributed by atoms with E-state index < -0.39 is 29.6 Å². The predicted octanol–water partition coefficient (Wildman–Crippen LogP) is -1.40. The Balaban J connectivity index is 2.48. The summed E-state index contributed by atoms with van der Waals surface area (Å²) >= 11 is 0. The maximum atomic E-state index is 11.8. The molecule has 7 heteroatoms. The molecule has 2 rings (SSSR count). The van der Waals surface area contributed by atoms with Gasteiger partial charge in [-0.2, -0.15) is 0 Å². The van der Waals surface area contributed by atoms with Gasteiger partial charge in [0.25, 0.3) is 5.91 Å². The normalized spacial score (nSPS) is 25.2. The number of carboxylic acid groups (broad SMARTS) is 1. The van der Waals surface area contributed by atoms with Crippen molar-refractivity contribution in [2.75, 3.05) is 5.32 Å². The predicted molar refractivity (Wildman–Crippen MR) is 60.6 cm³/mol. The topological polar surface area (TPSA) is 133 Å². The van der Waals surface area contributed by atoms with E-state index in [9.17, 15) is 19.8 Å². The number of carbonyl (C=O) groups is 2. The highest BCUT2D eigenvalue weighted by Gasteiger charge is 2.54. The third-order valence-electron chi connectivity index (χ3n) is 2.99. The molecule has 0 saturated heterocycles. The number of para-hydroxylation sites is 1. The van der Waals surface area contributed by atoms with Crippen LogP contribution in [0.4, 0.5) is 5.69 Å². The number of nitrogens with one attached hydrogen (secondary N) is 1. The van der Waals surface area contributed by atoms with Gasteiger partial charge in [-0.15, -0.1) is 0 Å². The number of aliphatic hydroxyl groups is 2. The van der Waals surface area contributed by atoms with Gasteiger partial charge in [0.1, 0.15) is 12.1 Å². The first-order chi connectivity index (χ1) is 8.39. The van der Waals surface area contributed by atoms with Gasteiger partial charge < -0.3 is 26.4 Å². The Morgan fingerprint density at radius 1 is 1.39 bits per heavy atom. The van der Waals surface area contributed by atoms with Crippen molar-refractivity contribution in [3.05, 3.63) is 29.8 Å². The molecule has 1 aliphatic heterocycles. The van der Waals surface area contributed by atoms with Crippen LogP contribution in [0.5, 0.6) is 0 Å². The Morgan fingerprint density at radius 2 is 2.00 bits per heavy atom. The van der Waals surface area contributed by atoms with Crippen molar-refractivity contribution in [3.8, 4) is 0 Å². The standard InChI is InChI=1S/C11H12N2O5/c12-7(9(15)16)8(14)11(18)5-3-1-2-4-6(5)13-10(11)17/h1-4,7-8,14,18H,12H2,(H,13,17)(H,15,16)/t7-,8+,11-/m0/s1. The minimum absolute atomic E-state index is 0.110. The second-order valence-electron chi connectivity index (χ2n) is 4.07. The third-order valence-corrected chi connectivity index (χ3v) is 2.99. The highest BCUT2D eigenvalue weighted by molar-refractivity contribution is 6.05. The lowest BCUT2D eigenvalue weighted by atomic mass is 9.86. The van der Waals surface area contributed by atoms with Gasteiger partial charge in [-0.1, -0.05) is 18.2 Å². The van der Waals surface area contributed by atoms with Gasteiger partial charge >= 0.3 is 5.97 Å². The summed E-state index contributed by atoms with van der Waals surface area (Å²) in [6, 6.07) is 4.37. The molecular formula is C11H12N2O5. The largest absolute Gasteiger partial charge is 0.480 e. The summed E-state index contributed by atoms with van der Waals surface area (Å²) in [7, 11) is 0. The number of carbonyl (C=O) groups excluding carboxylic acids is 1. The molecular weight excluding hydrogens is 240 g/mol. The van der Waals surface area contributed by atoms with Gasteiger partial charge in [-0.25, -0.2) is 0 Å². The molecule has 0 radical (unpaired) electrons. The van der Waals surface area contributed by atoms with Gasteiger partial charge in [-0.3, -0.25) is 9.59 Å². The van der Waals surface area contributed by atoms with E-state index in [2.05, 4.69) is 5.32 Å². The average Bonchev–Trinajstić information content (AvgIpc) is 2.61. The van der Waals surface area contributed by atoms with Crippen molar-refractivity contribution in [1.29, 1.82) is 0 Å². The molecule has 1 aromatic carbocycles. The summed E-state index contributed by atoms with van der Waals surface area (Å²) in [6.45, 7) is 0. The number of hydrogen-bond donors (Lipinski definition) is 5. The Kier molecular flexibility index (Phi) is 2.81. The molecule has 0 unspecified atom stereocenters.